The molecule has 2 unspecified atom stereocenters. The molecule has 0 saturated carbocycles. The van der Waals surface area contributed by atoms with Crippen molar-refractivity contribution in [3.8, 4) is 0 Å². The largest absolute Gasteiger partial charge is 0.390 e. The molecule has 1 aliphatic heterocycles. The highest BCUT2D eigenvalue weighted by Crippen LogP contribution is 2.16. The Balaban J connectivity index is 2.25. The minimum Gasteiger partial charge on any atom is -0.390 e. The van der Waals surface area contributed by atoms with Gasteiger partial charge in [-0.1, -0.05) is 13.8 Å². The zero-order chi connectivity index (χ0) is 13.8. The van der Waals surface area contributed by atoms with E-state index < -0.39 is 15.9 Å². The van der Waals surface area contributed by atoms with E-state index in [0.29, 0.717) is 25.4 Å². The fraction of sp³-hybridized carbons (Fsp3) is 1.00. The molecular weight excluding hydrogens is 252 g/mol. The number of sulfone groups is 1. The zero-order valence-corrected chi connectivity index (χ0v) is 12.4. The Bertz CT molecular complexity index is 343. The summed E-state index contributed by atoms with van der Waals surface area (Å²) in [7, 11) is -0.957. The van der Waals surface area contributed by atoms with Crippen molar-refractivity contribution in [2.24, 2.45) is 5.92 Å². The highest BCUT2D eigenvalue weighted by Gasteiger charge is 2.31. The quantitative estimate of drug-likeness (QED) is 0.670. The summed E-state index contributed by atoms with van der Waals surface area (Å²) >= 11 is 0. The lowest BCUT2D eigenvalue weighted by Crippen LogP contribution is -2.42. The van der Waals surface area contributed by atoms with Crippen molar-refractivity contribution in [2.75, 3.05) is 38.2 Å². The van der Waals surface area contributed by atoms with Crippen LogP contribution >= 0.6 is 0 Å². The number of likely N-dealkylation sites (N-methyl/N-ethyl adjacent to an activating group) is 1. The van der Waals surface area contributed by atoms with Gasteiger partial charge >= 0.3 is 0 Å². The number of nitrogens with zero attached hydrogens (tertiary/aromatic N) is 1. The molecule has 0 spiro atoms. The fourth-order valence-corrected chi connectivity index (χ4v) is 4.01. The summed E-state index contributed by atoms with van der Waals surface area (Å²) in [4.78, 5) is 1.96. The number of nitrogens with one attached hydrogen (secondary N) is 1. The van der Waals surface area contributed by atoms with E-state index in [0.717, 1.165) is 6.54 Å². The topological polar surface area (TPSA) is 69.6 Å². The SMILES string of the molecule is CC(C)CNCC(O)CN(C)C1CCS(=O)(=O)C1. The van der Waals surface area contributed by atoms with E-state index in [9.17, 15) is 13.5 Å². The van der Waals surface area contributed by atoms with Gasteiger partial charge in [0.2, 0.25) is 0 Å². The van der Waals surface area contributed by atoms with Gasteiger partial charge in [-0.15, -0.1) is 0 Å². The van der Waals surface area contributed by atoms with E-state index in [1.807, 2.05) is 11.9 Å². The number of rotatable bonds is 7. The summed E-state index contributed by atoms with van der Waals surface area (Å²) < 4.78 is 22.8. The van der Waals surface area contributed by atoms with Crippen molar-refractivity contribution in [1.29, 1.82) is 0 Å². The van der Waals surface area contributed by atoms with E-state index in [2.05, 4.69) is 19.2 Å². The van der Waals surface area contributed by atoms with Gasteiger partial charge in [-0.2, -0.15) is 0 Å². The molecule has 0 amide bonds. The molecule has 0 aromatic rings. The predicted octanol–water partition coefficient (Wildman–Crippen LogP) is -0.288. The molecule has 0 bridgehead atoms. The third kappa shape index (κ3) is 5.65. The average Bonchev–Trinajstić information content (AvgIpc) is 2.58. The molecule has 1 heterocycles. The van der Waals surface area contributed by atoms with Crippen molar-refractivity contribution >= 4 is 9.84 Å². The molecule has 1 aliphatic rings. The molecule has 0 aromatic carbocycles. The molecule has 18 heavy (non-hydrogen) atoms. The Kier molecular flexibility index (Phi) is 6.04. The second-order valence-corrected chi connectivity index (χ2v) is 7.93. The van der Waals surface area contributed by atoms with Gasteiger partial charge < -0.3 is 10.4 Å². The molecule has 0 aromatic heterocycles. The molecule has 1 fully saturated rings. The Morgan fingerprint density at radius 1 is 1.39 bits per heavy atom. The maximum atomic E-state index is 11.4. The van der Waals surface area contributed by atoms with Crippen LogP contribution < -0.4 is 5.32 Å². The summed E-state index contributed by atoms with van der Waals surface area (Å²) in [5.41, 5.74) is 0. The molecular formula is C12H26N2O3S. The van der Waals surface area contributed by atoms with Crippen LogP contribution in [0.5, 0.6) is 0 Å². The highest BCUT2D eigenvalue weighted by atomic mass is 32.2. The van der Waals surface area contributed by atoms with Gasteiger partial charge in [0.25, 0.3) is 0 Å². The molecule has 0 radical (unpaired) electrons. The summed E-state index contributed by atoms with van der Waals surface area (Å²) in [5.74, 6) is 1.08. The first-order valence-electron chi connectivity index (χ1n) is 6.59. The molecule has 1 saturated heterocycles. The van der Waals surface area contributed by atoms with Gasteiger partial charge in [0.05, 0.1) is 17.6 Å². The van der Waals surface area contributed by atoms with Crippen molar-refractivity contribution in [2.45, 2.75) is 32.4 Å². The number of aliphatic hydroxyl groups excluding tert-OH is 1. The van der Waals surface area contributed by atoms with Gasteiger partial charge in [-0.3, -0.25) is 4.90 Å². The summed E-state index contributed by atoms with van der Waals surface area (Å²) in [5, 5.41) is 13.1. The van der Waals surface area contributed by atoms with Gasteiger partial charge in [0, 0.05) is 19.1 Å². The summed E-state index contributed by atoms with van der Waals surface area (Å²) in [6.45, 7) is 6.20. The normalized spacial score (nSPS) is 24.9. The van der Waals surface area contributed by atoms with Crippen LogP contribution in [0.25, 0.3) is 0 Å². The Morgan fingerprint density at radius 3 is 2.56 bits per heavy atom. The van der Waals surface area contributed by atoms with E-state index in [4.69, 9.17) is 0 Å². The highest BCUT2D eigenvalue weighted by molar-refractivity contribution is 7.91. The molecule has 108 valence electrons. The molecule has 2 N–H and O–H groups in total. The first-order valence-corrected chi connectivity index (χ1v) is 8.41. The predicted molar refractivity (Wildman–Crippen MR) is 73.4 cm³/mol. The first kappa shape index (κ1) is 15.9. The molecule has 1 rings (SSSR count). The van der Waals surface area contributed by atoms with E-state index in [1.165, 1.54) is 0 Å². The van der Waals surface area contributed by atoms with Crippen molar-refractivity contribution in [3.05, 3.63) is 0 Å². The minimum absolute atomic E-state index is 0.0646. The summed E-state index contributed by atoms with van der Waals surface area (Å²) in [6.07, 6.45) is 0.238. The zero-order valence-electron chi connectivity index (χ0n) is 11.6. The molecule has 5 nitrogen and oxygen atoms in total. The standard InChI is InChI=1S/C12H26N2O3S/c1-10(2)6-13-7-12(15)8-14(3)11-4-5-18(16,17)9-11/h10-13,15H,4-9H2,1-3H3. The third-order valence-corrected chi connectivity index (χ3v) is 5.01. The third-order valence-electron chi connectivity index (χ3n) is 3.26. The molecule has 0 aliphatic carbocycles. The van der Waals surface area contributed by atoms with Crippen molar-refractivity contribution in [3.63, 3.8) is 0 Å². The Morgan fingerprint density at radius 2 is 2.06 bits per heavy atom. The lowest BCUT2D eigenvalue weighted by atomic mass is 10.2. The van der Waals surface area contributed by atoms with Crippen molar-refractivity contribution < 1.29 is 13.5 Å². The smallest absolute Gasteiger partial charge is 0.151 e. The average molecular weight is 278 g/mol. The van der Waals surface area contributed by atoms with Crippen LogP contribution in [0.15, 0.2) is 0 Å². The van der Waals surface area contributed by atoms with Crippen LogP contribution in [0.2, 0.25) is 0 Å². The van der Waals surface area contributed by atoms with Crippen LogP contribution in [-0.2, 0) is 9.84 Å². The van der Waals surface area contributed by atoms with Crippen molar-refractivity contribution in [1.82, 2.24) is 10.2 Å². The van der Waals surface area contributed by atoms with Gasteiger partial charge in [0.15, 0.2) is 9.84 Å². The number of aliphatic hydroxyl groups is 1. The van der Waals surface area contributed by atoms with Gasteiger partial charge in [-0.25, -0.2) is 8.42 Å². The Hall–Kier alpha value is -0.170. The van der Waals surface area contributed by atoms with Crippen LogP contribution in [0.1, 0.15) is 20.3 Å². The maximum Gasteiger partial charge on any atom is 0.151 e. The monoisotopic (exact) mass is 278 g/mol. The summed E-state index contributed by atoms with van der Waals surface area (Å²) in [6, 6.07) is 0.0646. The lowest BCUT2D eigenvalue weighted by molar-refractivity contribution is 0.107. The van der Waals surface area contributed by atoms with Crippen LogP contribution in [-0.4, -0.2) is 68.8 Å². The number of hydrogen-bond donors (Lipinski definition) is 2. The van der Waals surface area contributed by atoms with Gasteiger partial charge in [0.1, 0.15) is 0 Å². The van der Waals surface area contributed by atoms with Gasteiger partial charge in [-0.05, 0) is 25.9 Å². The van der Waals surface area contributed by atoms with Crippen LogP contribution in [0.3, 0.4) is 0 Å². The number of hydrogen-bond acceptors (Lipinski definition) is 5. The molecule has 6 heteroatoms. The fourth-order valence-electron chi connectivity index (χ4n) is 2.21. The minimum atomic E-state index is -2.84. The van der Waals surface area contributed by atoms with Crippen LogP contribution in [0.4, 0.5) is 0 Å². The first-order chi connectivity index (χ1) is 8.30. The van der Waals surface area contributed by atoms with E-state index >= 15 is 0 Å². The van der Waals surface area contributed by atoms with Crippen LogP contribution in [0, 0.1) is 5.92 Å². The second-order valence-electron chi connectivity index (χ2n) is 5.70. The van der Waals surface area contributed by atoms with E-state index in [1.54, 1.807) is 0 Å². The second kappa shape index (κ2) is 6.84. The maximum absolute atomic E-state index is 11.4. The molecule has 2 atom stereocenters. The van der Waals surface area contributed by atoms with E-state index in [-0.39, 0.29) is 17.5 Å². The Labute approximate surface area is 110 Å². The lowest BCUT2D eigenvalue weighted by Gasteiger charge is -2.26.